The Labute approximate surface area is 143 Å². The second-order valence-electron chi connectivity index (χ2n) is 6.72. The molecule has 0 saturated heterocycles. The van der Waals surface area contributed by atoms with E-state index in [1.807, 2.05) is 6.07 Å². The highest BCUT2D eigenvalue weighted by Crippen LogP contribution is 2.29. The van der Waals surface area contributed by atoms with E-state index in [0.717, 1.165) is 30.4 Å². The second-order valence-corrected chi connectivity index (χ2v) is 6.72. The summed E-state index contributed by atoms with van der Waals surface area (Å²) < 4.78 is 0. The molecule has 5 heteroatoms. The third-order valence-electron chi connectivity index (χ3n) is 4.46. The van der Waals surface area contributed by atoms with Gasteiger partial charge >= 0.3 is 0 Å². The highest BCUT2D eigenvalue weighted by atomic mass is 16.3. The van der Waals surface area contributed by atoms with Gasteiger partial charge < -0.3 is 15.3 Å². The molecule has 1 aliphatic heterocycles. The van der Waals surface area contributed by atoms with Crippen LogP contribution in [0.1, 0.15) is 43.6 Å². The van der Waals surface area contributed by atoms with E-state index in [0.29, 0.717) is 12.6 Å². The molecular formula is C19H26N4O. The molecule has 0 radical (unpaired) electrons. The van der Waals surface area contributed by atoms with Crippen LogP contribution in [-0.2, 0) is 13.0 Å². The number of rotatable bonds is 5. The summed E-state index contributed by atoms with van der Waals surface area (Å²) in [6.07, 6.45) is 1.02. The third-order valence-corrected chi connectivity index (χ3v) is 4.46. The lowest BCUT2D eigenvalue weighted by Crippen LogP contribution is -2.39. The van der Waals surface area contributed by atoms with Crippen LogP contribution in [0.25, 0.3) is 0 Å². The van der Waals surface area contributed by atoms with Crippen LogP contribution in [0.2, 0.25) is 0 Å². The first-order valence-corrected chi connectivity index (χ1v) is 8.65. The van der Waals surface area contributed by atoms with Crippen molar-refractivity contribution in [1.29, 1.82) is 0 Å². The molecule has 128 valence electrons. The lowest BCUT2D eigenvalue weighted by Gasteiger charge is -2.36. The Kier molecular flexibility index (Phi) is 5.00. The maximum absolute atomic E-state index is 9.06. The average molecular weight is 326 g/mol. The summed E-state index contributed by atoms with van der Waals surface area (Å²) in [5.41, 5.74) is 2.79. The lowest BCUT2D eigenvalue weighted by atomic mass is 9.95. The molecule has 5 nitrogen and oxygen atoms in total. The number of benzene rings is 1. The zero-order chi connectivity index (χ0) is 17.1. The van der Waals surface area contributed by atoms with Gasteiger partial charge in [0.05, 0.1) is 6.61 Å². The Morgan fingerprint density at radius 2 is 2.00 bits per heavy atom. The monoisotopic (exact) mass is 326 g/mol. The number of aromatic nitrogens is 2. The number of anilines is 2. The maximum atomic E-state index is 9.06. The van der Waals surface area contributed by atoms with E-state index in [4.69, 9.17) is 10.1 Å². The van der Waals surface area contributed by atoms with Crippen molar-refractivity contribution in [2.45, 2.75) is 45.7 Å². The van der Waals surface area contributed by atoms with Crippen molar-refractivity contribution >= 4 is 11.6 Å². The van der Waals surface area contributed by atoms with E-state index in [1.165, 1.54) is 11.1 Å². The van der Waals surface area contributed by atoms with Crippen LogP contribution in [0.5, 0.6) is 0 Å². The predicted molar refractivity (Wildman–Crippen MR) is 97.5 cm³/mol. The normalized spacial score (nSPS) is 17.0. The summed E-state index contributed by atoms with van der Waals surface area (Å²) >= 11 is 0. The highest BCUT2D eigenvalue weighted by molar-refractivity contribution is 5.52. The van der Waals surface area contributed by atoms with Crippen molar-refractivity contribution in [2.75, 3.05) is 23.4 Å². The van der Waals surface area contributed by atoms with Gasteiger partial charge in [-0.05, 0) is 24.5 Å². The molecule has 0 unspecified atom stereocenters. The summed E-state index contributed by atoms with van der Waals surface area (Å²) in [6, 6.07) is 11.0. The predicted octanol–water partition coefficient (Wildman–Crippen LogP) is 2.96. The number of nitrogens with zero attached hydrogens (tertiary/aromatic N) is 3. The van der Waals surface area contributed by atoms with Crippen LogP contribution in [-0.4, -0.2) is 34.3 Å². The van der Waals surface area contributed by atoms with Gasteiger partial charge in [0.15, 0.2) is 0 Å². The van der Waals surface area contributed by atoms with Gasteiger partial charge in [-0.2, -0.15) is 0 Å². The number of fused-ring (bicyclic) bond motifs is 1. The molecule has 3 rings (SSSR count). The first-order chi connectivity index (χ1) is 11.6. The fourth-order valence-corrected chi connectivity index (χ4v) is 3.12. The molecule has 2 heterocycles. The third kappa shape index (κ3) is 3.51. The fourth-order valence-electron chi connectivity index (χ4n) is 3.12. The molecule has 1 atom stereocenters. The SMILES string of the molecule is CC(C)c1nc(NCCO)cc(N2Cc3ccccc3C[C@@H]2C)n1. The van der Waals surface area contributed by atoms with E-state index >= 15 is 0 Å². The summed E-state index contributed by atoms with van der Waals surface area (Å²) in [4.78, 5) is 11.7. The number of hydrogen-bond acceptors (Lipinski definition) is 5. The minimum absolute atomic E-state index is 0.0871. The maximum Gasteiger partial charge on any atom is 0.135 e. The zero-order valence-electron chi connectivity index (χ0n) is 14.7. The minimum Gasteiger partial charge on any atom is -0.395 e. The number of aliphatic hydroxyl groups is 1. The van der Waals surface area contributed by atoms with Gasteiger partial charge in [0.25, 0.3) is 0 Å². The van der Waals surface area contributed by atoms with Gasteiger partial charge in [-0.1, -0.05) is 38.1 Å². The molecule has 1 aromatic carbocycles. The van der Waals surface area contributed by atoms with Crippen LogP contribution in [0, 0.1) is 0 Å². The Morgan fingerprint density at radius 3 is 2.71 bits per heavy atom. The largest absolute Gasteiger partial charge is 0.395 e. The molecule has 0 aliphatic carbocycles. The van der Waals surface area contributed by atoms with Crippen molar-refractivity contribution < 1.29 is 5.11 Å². The molecule has 0 amide bonds. The Bertz CT molecular complexity index is 702. The van der Waals surface area contributed by atoms with Gasteiger partial charge in [-0.3, -0.25) is 0 Å². The summed E-state index contributed by atoms with van der Waals surface area (Å²) in [7, 11) is 0. The van der Waals surface area contributed by atoms with Crippen LogP contribution >= 0.6 is 0 Å². The molecule has 0 bridgehead atoms. The molecule has 0 saturated carbocycles. The Balaban J connectivity index is 1.94. The average Bonchev–Trinajstić information content (AvgIpc) is 2.59. The fraction of sp³-hybridized carbons (Fsp3) is 0.474. The Hall–Kier alpha value is -2.14. The zero-order valence-corrected chi connectivity index (χ0v) is 14.7. The van der Waals surface area contributed by atoms with E-state index < -0.39 is 0 Å². The van der Waals surface area contributed by atoms with Crippen LogP contribution in [0.3, 0.4) is 0 Å². The van der Waals surface area contributed by atoms with Crippen molar-refractivity contribution in [3.05, 3.63) is 47.3 Å². The van der Waals surface area contributed by atoms with Gasteiger partial charge in [-0.25, -0.2) is 9.97 Å². The summed E-state index contributed by atoms with van der Waals surface area (Å²) in [5.74, 6) is 2.82. The molecule has 24 heavy (non-hydrogen) atoms. The molecule has 0 spiro atoms. The van der Waals surface area contributed by atoms with Gasteiger partial charge in [0.1, 0.15) is 17.5 Å². The molecule has 0 fully saturated rings. The summed E-state index contributed by atoms with van der Waals surface area (Å²) in [5, 5.41) is 12.2. The topological polar surface area (TPSA) is 61.3 Å². The summed E-state index contributed by atoms with van der Waals surface area (Å²) in [6.45, 7) is 7.89. The van der Waals surface area contributed by atoms with Gasteiger partial charge in [0, 0.05) is 31.1 Å². The van der Waals surface area contributed by atoms with Gasteiger partial charge in [0.2, 0.25) is 0 Å². The van der Waals surface area contributed by atoms with E-state index in [2.05, 4.69) is 60.2 Å². The van der Waals surface area contributed by atoms with Crippen molar-refractivity contribution in [3.8, 4) is 0 Å². The van der Waals surface area contributed by atoms with Gasteiger partial charge in [-0.15, -0.1) is 0 Å². The van der Waals surface area contributed by atoms with Crippen LogP contribution in [0.4, 0.5) is 11.6 Å². The van der Waals surface area contributed by atoms with E-state index in [1.54, 1.807) is 0 Å². The number of aliphatic hydroxyl groups excluding tert-OH is 1. The van der Waals surface area contributed by atoms with Crippen LogP contribution < -0.4 is 10.2 Å². The van der Waals surface area contributed by atoms with Crippen LogP contribution in [0.15, 0.2) is 30.3 Å². The van der Waals surface area contributed by atoms with E-state index in [9.17, 15) is 0 Å². The Morgan fingerprint density at radius 1 is 1.25 bits per heavy atom. The molecule has 1 aliphatic rings. The molecule has 2 N–H and O–H groups in total. The molecule has 2 aromatic rings. The minimum atomic E-state index is 0.0871. The van der Waals surface area contributed by atoms with Crippen molar-refractivity contribution in [3.63, 3.8) is 0 Å². The van der Waals surface area contributed by atoms with Crippen molar-refractivity contribution in [1.82, 2.24) is 9.97 Å². The standard InChI is InChI=1S/C19H26N4O/c1-13(2)19-21-17(20-8-9-24)11-18(22-19)23-12-16-7-5-4-6-15(16)10-14(23)3/h4-7,11,13-14,24H,8-10,12H2,1-3H3,(H,20,21,22)/t14-/m0/s1. The number of hydrogen-bond donors (Lipinski definition) is 2. The second kappa shape index (κ2) is 7.18. The molecular weight excluding hydrogens is 300 g/mol. The lowest BCUT2D eigenvalue weighted by molar-refractivity contribution is 0.311. The number of nitrogens with one attached hydrogen (secondary N) is 1. The molecule has 1 aromatic heterocycles. The smallest absolute Gasteiger partial charge is 0.135 e. The quantitative estimate of drug-likeness (QED) is 0.884. The first-order valence-electron chi connectivity index (χ1n) is 8.65. The van der Waals surface area contributed by atoms with Crippen molar-refractivity contribution in [2.24, 2.45) is 0 Å². The van der Waals surface area contributed by atoms with E-state index in [-0.39, 0.29) is 12.5 Å². The highest BCUT2D eigenvalue weighted by Gasteiger charge is 2.24. The first kappa shape index (κ1) is 16.7.